The van der Waals surface area contributed by atoms with Crippen LogP contribution in [0, 0.1) is 0 Å². The van der Waals surface area contributed by atoms with Gasteiger partial charge in [-0.1, -0.05) is 36.8 Å². The van der Waals surface area contributed by atoms with Crippen LogP contribution in [-0.4, -0.2) is 5.88 Å². The van der Waals surface area contributed by atoms with Crippen LogP contribution in [0.15, 0.2) is 35.5 Å². The van der Waals surface area contributed by atoms with Gasteiger partial charge >= 0.3 is 0 Å². The molecule has 0 amide bonds. The lowest BCUT2D eigenvalue weighted by atomic mass is 10.2. The largest absolute Gasteiger partial charge is 0.122 e. The van der Waals surface area contributed by atoms with Gasteiger partial charge < -0.3 is 0 Å². The van der Waals surface area contributed by atoms with Crippen LogP contribution in [0.2, 0.25) is 0 Å². The monoisotopic (exact) mass is 168 g/mol. The van der Waals surface area contributed by atoms with Crippen molar-refractivity contribution in [3.63, 3.8) is 0 Å². The Morgan fingerprint density at radius 3 is 2.91 bits per heavy atom. The van der Waals surface area contributed by atoms with E-state index in [1.54, 1.807) is 0 Å². The van der Waals surface area contributed by atoms with Crippen LogP contribution in [0.25, 0.3) is 0 Å². The van der Waals surface area contributed by atoms with Crippen molar-refractivity contribution < 1.29 is 0 Å². The molecule has 0 saturated heterocycles. The van der Waals surface area contributed by atoms with Crippen molar-refractivity contribution in [2.24, 2.45) is 0 Å². The Hall–Kier alpha value is -0.490. The zero-order valence-corrected chi connectivity index (χ0v) is 7.56. The summed E-state index contributed by atoms with van der Waals surface area (Å²) in [4.78, 5) is 0. The summed E-state index contributed by atoms with van der Waals surface area (Å²) in [5.41, 5.74) is 2.68. The Bertz CT molecular complexity index is 209. The van der Waals surface area contributed by atoms with Crippen LogP contribution >= 0.6 is 11.6 Å². The van der Waals surface area contributed by atoms with E-state index in [0.29, 0.717) is 5.88 Å². The fourth-order valence-electron chi connectivity index (χ4n) is 1.04. The van der Waals surface area contributed by atoms with Gasteiger partial charge in [0, 0.05) is 5.88 Å². The molecular weight excluding hydrogens is 156 g/mol. The first kappa shape index (κ1) is 8.61. The van der Waals surface area contributed by atoms with Gasteiger partial charge in [-0.2, -0.15) is 0 Å². The van der Waals surface area contributed by atoms with Crippen molar-refractivity contribution in [3.8, 4) is 0 Å². The Morgan fingerprint density at radius 1 is 1.45 bits per heavy atom. The molecule has 0 aromatic rings. The highest BCUT2D eigenvalue weighted by Gasteiger charge is 1.95. The Balaban J connectivity index is 2.72. The molecule has 1 aliphatic carbocycles. The quantitative estimate of drug-likeness (QED) is 0.554. The minimum Gasteiger partial charge on any atom is -0.122 e. The van der Waals surface area contributed by atoms with Gasteiger partial charge in [-0.05, 0) is 18.4 Å². The smallest absolute Gasteiger partial charge is 0.0439 e. The number of rotatable bonds is 2. The van der Waals surface area contributed by atoms with Crippen molar-refractivity contribution in [1.82, 2.24) is 0 Å². The number of hydrogen-bond acceptors (Lipinski definition) is 0. The normalized spacial score (nSPS) is 17.3. The van der Waals surface area contributed by atoms with Crippen molar-refractivity contribution in [1.29, 1.82) is 0 Å². The summed E-state index contributed by atoms with van der Waals surface area (Å²) in [7, 11) is 0. The second kappa shape index (κ2) is 4.40. The van der Waals surface area contributed by atoms with Gasteiger partial charge in [-0.25, -0.2) is 0 Å². The van der Waals surface area contributed by atoms with Gasteiger partial charge in [0.25, 0.3) is 0 Å². The van der Waals surface area contributed by atoms with Crippen molar-refractivity contribution in [2.75, 3.05) is 5.88 Å². The Kier molecular flexibility index (Phi) is 3.44. The molecule has 0 bridgehead atoms. The highest BCUT2D eigenvalue weighted by molar-refractivity contribution is 6.19. The maximum atomic E-state index is 5.71. The fourth-order valence-corrected chi connectivity index (χ4v) is 1.24. The molecule has 0 N–H and O–H groups in total. The van der Waals surface area contributed by atoms with E-state index in [1.807, 2.05) is 0 Å². The summed E-state index contributed by atoms with van der Waals surface area (Å²) in [6.07, 6.45) is 10.7. The molecule has 0 heterocycles. The molecule has 1 heteroatoms. The standard InChI is InChI=1S/C10H13Cl/c1-2-9-4-3-5-10(8-11)7-6-9/h3-4,6-7H,2,5,8H2,1H3. The first-order valence-electron chi connectivity index (χ1n) is 3.98. The van der Waals surface area contributed by atoms with E-state index in [1.165, 1.54) is 11.1 Å². The number of allylic oxidation sites excluding steroid dienone is 6. The van der Waals surface area contributed by atoms with Gasteiger partial charge in [0.15, 0.2) is 0 Å². The molecule has 60 valence electrons. The number of alkyl halides is 1. The molecule has 0 unspecified atom stereocenters. The van der Waals surface area contributed by atoms with Crippen molar-refractivity contribution in [3.05, 3.63) is 35.5 Å². The molecular formula is C10H13Cl. The molecule has 0 aliphatic heterocycles. The summed E-state index contributed by atoms with van der Waals surface area (Å²) in [5.74, 6) is 0.651. The first-order chi connectivity index (χ1) is 5.36. The highest BCUT2D eigenvalue weighted by atomic mass is 35.5. The van der Waals surface area contributed by atoms with Gasteiger partial charge in [-0.15, -0.1) is 11.6 Å². The van der Waals surface area contributed by atoms with Gasteiger partial charge in [0.1, 0.15) is 0 Å². The van der Waals surface area contributed by atoms with E-state index < -0.39 is 0 Å². The molecule has 0 aromatic carbocycles. The van der Waals surface area contributed by atoms with Crippen molar-refractivity contribution >= 4 is 11.6 Å². The van der Waals surface area contributed by atoms with E-state index in [4.69, 9.17) is 11.6 Å². The zero-order chi connectivity index (χ0) is 8.10. The van der Waals surface area contributed by atoms with E-state index in [-0.39, 0.29) is 0 Å². The second-order valence-electron chi connectivity index (χ2n) is 2.66. The third kappa shape index (κ3) is 2.55. The third-order valence-electron chi connectivity index (χ3n) is 1.82. The lowest BCUT2D eigenvalue weighted by molar-refractivity contribution is 1.15. The molecule has 0 aromatic heterocycles. The SMILES string of the molecule is CCC1=CC=C(CCl)CC=C1. The van der Waals surface area contributed by atoms with Gasteiger partial charge in [0.05, 0.1) is 0 Å². The summed E-state index contributed by atoms with van der Waals surface area (Å²) in [6.45, 7) is 2.16. The third-order valence-corrected chi connectivity index (χ3v) is 2.17. The predicted molar refractivity (Wildman–Crippen MR) is 50.9 cm³/mol. The zero-order valence-electron chi connectivity index (χ0n) is 6.81. The number of hydrogen-bond donors (Lipinski definition) is 0. The molecule has 0 radical (unpaired) electrons. The molecule has 0 atom stereocenters. The number of halogens is 1. The van der Waals surface area contributed by atoms with Crippen molar-refractivity contribution in [2.45, 2.75) is 19.8 Å². The van der Waals surface area contributed by atoms with E-state index in [9.17, 15) is 0 Å². The summed E-state index contributed by atoms with van der Waals surface area (Å²) >= 11 is 5.71. The Labute approximate surface area is 73.3 Å². The Morgan fingerprint density at radius 2 is 2.27 bits per heavy atom. The maximum Gasteiger partial charge on any atom is 0.0439 e. The van der Waals surface area contributed by atoms with Crippen LogP contribution in [-0.2, 0) is 0 Å². The average Bonchev–Trinajstić information content (AvgIpc) is 2.28. The molecule has 0 nitrogen and oxygen atoms in total. The minimum atomic E-state index is 0.651. The summed E-state index contributed by atoms with van der Waals surface area (Å²) in [5, 5.41) is 0. The van der Waals surface area contributed by atoms with E-state index in [2.05, 4.69) is 31.2 Å². The molecule has 1 rings (SSSR count). The van der Waals surface area contributed by atoms with Crippen LogP contribution < -0.4 is 0 Å². The lowest BCUT2D eigenvalue weighted by Gasteiger charge is -1.92. The fraction of sp³-hybridized carbons (Fsp3) is 0.400. The van der Waals surface area contributed by atoms with Crippen LogP contribution in [0.4, 0.5) is 0 Å². The van der Waals surface area contributed by atoms with Gasteiger partial charge in [0.2, 0.25) is 0 Å². The van der Waals surface area contributed by atoms with E-state index in [0.717, 1.165) is 12.8 Å². The molecule has 0 fully saturated rings. The molecule has 0 spiro atoms. The van der Waals surface area contributed by atoms with Gasteiger partial charge in [-0.3, -0.25) is 0 Å². The summed E-state index contributed by atoms with van der Waals surface area (Å²) < 4.78 is 0. The first-order valence-corrected chi connectivity index (χ1v) is 4.51. The average molecular weight is 169 g/mol. The predicted octanol–water partition coefficient (Wildman–Crippen LogP) is 3.45. The van der Waals surface area contributed by atoms with E-state index >= 15 is 0 Å². The summed E-state index contributed by atoms with van der Waals surface area (Å²) in [6, 6.07) is 0. The minimum absolute atomic E-state index is 0.651. The van der Waals surface area contributed by atoms with Crippen LogP contribution in [0.5, 0.6) is 0 Å². The lowest BCUT2D eigenvalue weighted by Crippen LogP contribution is -1.79. The van der Waals surface area contributed by atoms with Crippen LogP contribution in [0.1, 0.15) is 19.8 Å². The molecule has 0 saturated carbocycles. The maximum absolute atomic E-state index is 5.71. The second-order valence-corrected chi connectivity index (χ2v) is 2.93. The highest BCUT2D eigenvalue weighted by Crippen LogP contribution is 2.13. The van der Waals surface area contributed by atoms with Crippen LogP contribution in [0.3, 0.4) is 0 Å². The topological polar surface area (TPSA) is 0 Å². The molecule has 11 heavy (non-hydrogen) atoms. The molecule has 1 aliphatic rings.